The number of hydrogen-bond donors (Lipinski definition) is 4. The zero-order chi connectivity index (χ0) is 47.5. The Morgan fingerprint density at radius 3 is 0.742 bits per heavy atom. The molecule has 0 unspecified atom stereocenters. The van der Waals surface area contributed by atoms with Gasteiger partial charge < -0.3 is 21.3 Å². The predicted octanol–water partition coefficient (Wildman–Crippen LogP) is 10.9. The summed E-state index contributed by atoms with van der Waals surface area (Å²) in [7, 11) is -6.50. The molecule has 8 aliphatic rings. The molecule has 12 heteroatoms. The fourth-order valence-corrected chi connectivity index (χ4v) is 24.1. The van der Waals surface area contributed by atoms with Gasteiger partial charge in [0.25, 0.3) is 0 Å². The molecule has 0 aliphatic heterocycles. The van der Waals surface area contributed by atoms with Crippen LogP contribution in [0.3, 0.4) is 0 Å². The van der Waals surface area contributed by atoms with Crippen LogP contribution in [0.1, 0.15) is 89.9 Å². The van der Waals surface area contributed by atoms with E-state index in [1.165, 1.54) is 0 Å². The number of carbonyl (C=O) groups is 4. The van der Waals surface area contributed by atoms with E-state index >= 15 is 19.2 Å². The third-order valence-electron chi connectivity index (χ3n) is 17.6. The van der Waals surface area contributed by atoms with Crippen LogP contribution in [-0.2, 0) is 19.2 Å². The molecule has 0 spiro atoms. The lowest BCUT2D eigenvalue weighted by atomic mass is 9.34. The minimum Gasteiger partial charge on any atom is -0.356 e. The molecule has 66 heavy (non-hydrogen) atoms. The van der Waals surface area contributed by atoms with Crippen LogP contribution in [0.5, 0.6) is 0 Å². The molecule has 4 amide bonds. The SMILES string of the molecule is C[Si](C)(CCCNC(=O)C12CC3(C(=O)NCCC[Si](C)(C)C4=CC=CC4)CC(C(=O)NCCC[Si](C)(C)C4=CC=CC4)(C1)CC(C(=O)NCCC[Si](C)(C)C1=CC=CC1)(C2)C3)C1=CC=CC1. The minimum absolute atomic E-state index is 0.0714. The van der Waals surface area contributed by atoms with Crippen molar-refractivity contribution in [3.8, 4) is 0 Å². The van der Waals surface area contributed by atoms with E-state index in [1.807, 2.05) is 0 Å². The van der Waals surface area contributed by atoms with E-state index in [1.54, 1.807) is 20.8 Å². The van der Waals surface area contributed by atoms with E-state index in [2.05, 4.69) is 147 Å². The minimum atomic E-state index is -1.62. The number of amides is 4. The molecule has 0 heterocycles. The zero-order valence-electron chi connectivity index (χ0n) is 42.1. The molecule has 4 saturated carbocycles. The molecule has 4 bridgehead atoms. The Morgan fingerprint density at radius 1 is 0.379 bits per heavy atom. The Hall–Kier alpha value is -3.33. The van der Waals surface area contributed by atoms with Crippen LogP contribution < -0.4 is 21.3 Å². The highest BCUT2D eigenvalue weighted by molar-refractivity contribution is 6.85. The second kappa shape index (κ2) is 19.9. The number of hydrogen-bond acceptors (Lipinski definition) is 4. The molecule has 0 aromatic rings. The van der Waals surface area contributed by atoms with Crippen LogP contribution in [-0.4, -0.2) is 82.1 Å². The van der Waals surface area contributed by atoms with Crippen molar-refractivity contribution in [2.24, 2.45) is 21.7 Å². The quantitative estimate of drug-likeness (QED) is 0.0569. The van der Waals surface area contributed by atoms with Crippen LogP contribution >= 0.6 is 0 Å². The molecule has 8 rings (SSSR count). The summed E-state index contributed by atoms with van der Waals surface area (Å²) in [5, 5.41) is 19.8. The summed E-state index contributed by atoms with van der Waals surface area (Å²) >= 11 is 0. The summed E-state index contributed by atoms with van der Waals surface area (Å²) < 4.78 is 0. The predicted molar refractivity (Wildman–Crippen MR) is 284 cm³/mol. The average Bonchev–Trinajstić information content (AvgIpc) is 4.12. The van der Waals surface area contributed by atoms with Gasteiger partial charge in [0, 0.05) is 26.2 Å². The molecule has 0 radical (unpaired) electrons. The first-order valence-electron chi connectivity index (χ1n) is 25.8. The van der Waals surface area contributed by atoms with Crippen molar-refractivity contribution in [2.45, 2.75) is 166 Å². The highest BCUT2D eigenvalue weighted by Crippen LogP contribution is 2.74. The fourth-order valence-electron chi connectivity index (χ4n) is 13.7. The molecule has 0 aromatic carbocycles. The Bertz CT molecular complexity index is 1820. The van der Waals surface area contributed by atoms with Gasteiger partial charge in [-0.05, 0) is 89.9 Å². The lowest BCUT2D eigenvalue weighted by Crippen LogP contribution is -2.72. The second-order valence-electron chi connectivity index (χ2n) is 24.5. The summed E-state index contributed by atoms with van der Waals surface area (Å²) in [6.07, 6.45) is 36.7. The third-order valence-corrected chi connectivity index (χ3v) is 32.5. The fraction of sp³-hybridized carbons (Fsp3) is 0.630. The first kappa shape index (κ1) is 50.5. The number of rotatable bonds is 24. The number of nitrogens with one attached hydrogen (secondary N) is 4. The van der Waals surface area contributed by atoms with Crippen LogP contribution in [0.15, 0.2) is 93.7 Å². The molecule has 0 aromatic heterocycles. The molecular formula is C54H84N4O4Si4. The smallest absolute Gasteiger partial charge is 0.226 e. The number of carbonyl (C=O) groups excluding carboxylic acids is 4. The summed E-state index contributed by atoms with van der Waals surface area (Å²) in [5.74, 6) is -0.285. The highest BCUT2D eigenvalue weighted by atomic mass is 28.3. The van der Waals surface area contributed by atoms with Gasteiger partial charge in [-0.25, -0.2) is 0 Å². The topological polar surface area (TPSA) is 116 Å². The van der Waals surface area contributed by atoms with Gasteiger partial charge in [-0.2, -0.15) is 0 Å². The Labute approximate surface area is 402 Å². The highest BCUT2D eigenvalue weighted by Gasteiger charge is 2.75. The summed E-state index contributed by atoms with van der Waals surface area (Å²) in [4.78, 5) is 60.5. The first-order valence-corrected chi connectivity index (χ1v) is 38.6. The maximum atomic E-state index is 15.1. The van der Waals surface area contributed by atoms with E-state index in [9.17, 15) is 0 Å². The van der Waals surface area contributed by atoms with Crippen molar-refractivity contribution in [3.63, 3.8) is 0 Å². The maximum Gasteiger partial charge on any atom is 0.226 e. The Balaban J connectivity index is 1.13. The van der Waals surface area contributed by atoms with E-state index in [0.29, 0.717) is 64.7 Å². The largest absolute Gasteiger partial charge is 0.356 e. The maximum absolute atomic E-state index is 15.1. The van der Waals surface area contributed by atoms with Gasteiger partial charge in [0.2, 0.25) is 23.6 Å². The van der Waals surface area contributed by atoms with Crippen LogP contribution in [0.4, 0.5) is 0 Å². The molecule has 8 aliphatic carbocycles. The number of allylic oxidation sites excluding steroid dienone is 16. The normalized spacial score (nSPS) is 27.5. The molecular weight excluding hydrogens is 881 g/mol. The molecule has 4 fully saturated rings. The van der Waals surface area contributed by atoms with Crippen molar-refractivity contribution in [3.05, 3.63) is 93.7 Å². The van der Waals surface area contributed by atoms with Gasteiger partial charge in [0.1, 0.15) is 0 Å². The van der Waals surface area contributed by atoms with Gasteiger partial charge in [0.05, 0.1) is 54.0 Å². The summed E-state index contributed by atoms with van der Waals surface area (Å²) in [6, 6.07) is 4.31. The van der Waals surface area contributed by atoms with E-state index in [0.717, 1.165) is 75.5 Å². The van der Waals surface area contributed by atoms with E-state index in [-0.39, 0.29) is 23.6 Å². The molecule has 360 valence electrons. The van der Waals surface area contributed by atoms with Gasteiger partial charge >= 0.3 is 0 Å². The van der Waals surface area contributed by atoms with Gasteiger partial charge in [-0.1, -0.05) is 170 Å². The van der Waals surface area contributed by atoms with Gasteiger partial charge in [0.15, 0.2) is 0 Å². The second-order valence-corrected chi connectivity index (χ2v) is 44.1. The summed E-state index contributed by atoms with van der Waals surface area (Å²) in [6.45, 7) is 21.6. The molecule has 4 N–H and O–H groups in total. The Kier molecular flexibility index (Phi) is 15.3. The van der Waals surface area contributed by atoms with Crippen LogP contribution in [0, 0.1) is 21.7 Å². The first-order chi connectivity index (χ1) is 31.2. The summed E-state index contributed by atoms with van der Waals surface area (Å²) in [5.41, 5.74) is -4.02. The van der Waals surface area contributed by atoms with Gasteiger partial charge in [-0.3, -0.25) is 19.2 Å². The molecule has 8 nitrogen and oxygen atoms in total. The van der Waals surface area contributed by atoms with Crippen LogP contribution in [0.2, 0.25) is 76.6 Å². The monoisotopic (exact) mass is 965 g/mol. The zero-order valence-corrected chi connectivity index (χ0v) is 46.1. The lowest BCUT2D eigenvalue weighted by Gasteiger charge is -2.67. The standard InChI is InChI=1S/C54H84N4O4Si4/c1-63(2,43-21-9-10-22-43)33-17-29-55-47(59)51-37-52(48(60)56-30-18-34-64(3,4)44-23-11-12-24-44)40-53(38-51,49(61)57-31-19-35-65(5,6)45-25-13-14-26-45)42-54(39-51,41-52)50(62)58-32-20-36-66(7,8)46-27-15-16-28-46/h9-16,21,23,25,27H,17-20,22,24,26,28-42H2,1-8H3,(H,55,59)(H,56,60)(H,57,61)(H,58,62). The average molecular weight is 966 g/mol. The van der Waals surface area contributed by atoms with Gasteiger partial charge in [-0.15, -0.1) is 0 Å². The van der Waals surface area contributed by atoms with E-state index in [4.69, 9.17) is 0 Å². The van der Waals surface area contributed by atoms with Crippen molar-refractivity contribution in [2.75, 3.05) is 26.2 Å². The van der Waals surface area contributed by atoms with Crippen LogP contribution in [0.25, 0.3) is 0 Å². The molecule has 0 saturated heterocycles. The Morgan fingerprint density at radius 2 is 0.576 bits per heavy atom. The van der Waals surface area contributed by atoms with E-state index < -0.39 is 54.0 Å². The third kappa shape index (κ3) is 10.9. The van der Waals surface area contributed by atoms with Crippen molar-refractivity contribution in [1.29, 1.82) is 0 Å². The lowest BCUT2D eigenvalue weighted by molar-refractivity contribution is -0.208. The van der Waals surface area contributed by atoms with Crippen molar-refractivity contribution in [1.82, 2.24) is 21.3 Å². The van der Waals surface area contributed by atoms with Crippen molar-refractivity contribution < 1.29 is 19.2 Å². The molecule has 0 atom stereocenters. The van der Waals surface area contributed by atoms with Crippen molar-refractivity contribution >= 4 is 55.9 Å².